The fraction of sp³-hybridized carbons (Fsp3) is 0.478. The quantitative estimate of drug-likeness (QED) is 0.591. The van der Waals surface area contributed by atoms with Crippen LogP contribution < -0.4 is 15.9 Å². The van der Waals surface area contributed by atoms with Gasteiger partial charge in [-0.1, -0.05) is 24.6 Å². The molecule has 1 saturated heterocycles. The molecular weight excluding hydrogens is 368 g/mol. The van der Waals surface area contributed by atoms with E-state index in [2.05, 4.69) is 0 Å². The van der Waals surface area contributed by atoms with Gasteiger partial charge in [-0.05, 0) is 75.8 Å². The minimum atomic E-state index is -0.476. The lowest BCUT2D eigenvalue weighted by molar-refractivity contribution is 0.00578. The Hall–Kier alpha value is -2.05. The highest BCUT2D eigenvalue weighted by atomic mass is 19.1. The Morgan fingerprint density at radius 1 is 1.03 bits per heavy atom. The predicted octanol–water partition coefficient (Wildman–Crippen LogP) is 4.63. The lowest BCUT2D eigenvalue weighted by Gasteiger charge is -2.34. The van der Waals surface area contributed by atoms with Gasteiger partial charge in [0.05, 0.1) is 16.9 Å². The summed E-state index contributed by atoms with van der Waals surface area (Å²) in [5, 5.41) is 0. The van der Waals surface area contributed by atoms with Gasteiger partial charge in [0, 0.05) is 5.92 Å². The first-order valence-corrected chi connectivity index (χ1v) is 10.3. The third kappa shape index (κ3) is 3.88. The van der Waals surface area contributed by atoms with E-state index < -0.39 is 18.3 Å². The smallest absolute Gasteiger partial charge is 0.483 e. The lowest BCUT2D eigenvalue weighted by Crippen LogP contribution is -2.41. The van der Waals surface area contributed by atoms with Crippen molar-refractivity contribution in [3.63, 3.8) is 0 Å². The Morgan fingerprint density at radius 3 is 2.21 bits per heavy atom. The summed E-state index contributed by atoms with van der Waals surface area (Å²) in [5.41, 5.74) is 7.82. The molecule has 1 heterocycles. The van der Waals surface area contributed by atoms with Gasteiger partial charge in [-0.2, -0.15) is 0 Å². The zero-order valence-electron chi connectivity index (χ0n) is 17.6. The zero-order chi connectivity index (χ0) is 20.8. The van der Waals surface area contributed by atoms with Crippen LogP contribution in [0, 0.1) is 11.7 Å². The molecule has 4 nitrogen and oxygen atoms in total. The second-order valence-electron chi connectivity index (χ2n) is 9.17. The molecule has 0 bridgehead atoms. The Balaban J connectivity index is 1.61. The number of rotatable bonds is 5. The van der Waals surface area contributed by atoms with Gasteiger partial charge in [-0.3, -0.25) is 0 Å². The van der Waals surface area contributed by atoms with Crippen LogP contribution in [-0.2, 0) is 9.31 Å². The first-order valence-electron chi connectivity index (χ1n) is 10.3. The van der Waals surface area contributed by atoms with Gasteiger partial charge in [0.15, 0.2) is 0 Å². The van der Waals surface area contributed by atoms with E-state index in [9.17, 15) is 4.39 Å². The molecule has 154 valence electrons. The van der Waals surface area contributed by atoms with Crippen LogP contribution in [0.3, 0.4) is 0 Å². The van der Waals surface area contributed by atoms with Crippen molar-refractivity contribution >= 4 is 18.3 Å². The Morgan fingerprint density at radius 2 is 1.66 bits per heavy atom. The van der Waals surface area contributed by atoms with Crippen LogP contribution in [0.5, 0.6) is 5.75 Å². The zero-order valence-corrected chi connectivity index (χ0v) is 17.6. The predicted molar refractivity (Wildman–Crippen MR) is 114 cm³/mol. The molecule has 29 heavy (non-hydrogen) atoms. The number of hydrogen-bond donors (Lipinski definition) is 1. The molecular formula is C23H29BFNO3. The van der Waals surface area contributed by atoms with Gasteiger partial charge >= 0.3 is 7.12 Å². The molecule has 0 aromatic heterocycles. The Labute approximate surface area is 172 Å². The molecule has 4 rings (SSSR count). The molecule has 0 amide bonds. The van der Waals surface area contributed by atoms with Crippen LogP contribution in [0.25, 0.3) is 0 Å². The van der Waals surface area contributed by atoms with Crippen molar-refractivity contribution < 1.29 is 18.4 Å². The van der Waals surface area contributed by atoms with E-state index in [1.807, 2.05) is 45.9 Å². The molecule has 0 radical (unpaired) electrons. The summed E-state index contributed by atoms with van der Waals surface area (Å²) in [4.78, 5) is 0. The molecule has 2 aromatic rings. The van der Waals surface area contributed by atoms with Crippen molar-refractivity contribution in [2.24, 2.45) is 5.92 Å². The summed E-state index contributed by atoms with van der Waals surface area (Å²) < 4.78 is 32.2. The number of anilines is 1. The minimum Gasteiger partial charge on any atom is -0.483 e. The van der Waals surface area contributed by atoms with E-state index in [1.165, 1.54) is 18.6 Å². The highest BCUT2D eigenvalue weighted by Crippen LogP contribution is 2.42. The summed E-state index contributed by atoms with van der Waals surface area (Å²) in [7, 11) is -0.476. The van der Waals surface area contributed by atoms with Crippen LogP contribution in [0.4, 0.5) is 10.1 Å². The molecule has 1 aliphatic heterocycles. The van der Waals surface area contributed by atoms with Crippen LogP contribution in [0.15, 0.2) is 42.5 Å². The largest absolute Gasteiger partial charge is 0.494 e. The average Bonchev–Trinajstić information content (AvgIpc) is 2.83. The maximum absolute atomic E-state index is 13.4. The number of hydrogen-bond acceptors (Lipinski definition) is 4. The standard InChI is InChI=1S/C23H29BFNO3/c1-22(2)23(3,4)29-24(28-22)17-10-13-19(26)20(14-17)27-21(15-6-5-7-15)16-8-11-18(25)12-9-16/h8-15,21H,5-7,26H2,1-4H3. The second kappa shape index (κ2) is 7.33. The van der Waals surface area contributed by atoms with E-state index in [1.54, 1.807) is 12.1 Å². The van der Waals surface area contributed by atoms with E-state index in [4.69, 9.17) is 19.8 Å². The summed E-state index contributed by atoms with van der Waals surface area (Å²) >= 11 is 0. The molecule has 2 aromatic carbocycles. The molecule has 1 aliphatic carbocycles. The minimum absolute atomic E-state index is 0.153. The Kier molecular flexibility index (Phi) is 5.12. The molecule has 2 aliphatic rings. The van der Waals surface area contributed by atoms with E-state index in [0.717, 1.165) is 23.9 Å². The summed E-state index contributed by atoms with van der Waals surface area (Å²) in [6.07, 6.45) is 3.23. The molecule has 1 unspecified atom stereocenters. The van der Waals surface area contributed by atoms with Crippen molar-refractivity contribution in [3.05, 3.63) is 53.8 Å². The third-order valence-electron chi connectivity index (χ3n) is 6.59. The summed E-state index contributed by atoms with van der Waals surface area (Å²) in [6, 6.07) is 12.2. The van der Waals surface area contributed by atoms with Gasteiger partial charge in [0.1, 0.15) is 17.7 Å². The molecule has 1 atom stereocenters. The van der Waals surface area contributed by atoms with Crippen LogP contribution in [-0.4, -0.2) is 18.3 Å². The first-order chi connectivity index (χ1) is 13.7. The lowest BCUT2D eigenvalue weighted by atomic mass is 9.78. The second-order valence-corrected chi connectivity index (χ2v) is 9.17. The number of benzene rings is 2. The van der Waals surface area contributed by atoms with Crippen molar-refractivity contribution in [3.8, 4) is 5.75 Å². The van der Waals surface area contributed by atoms with Crippen molar-refractivity contribution in [1.29, 1.82) is 0 Å². The SMILES string of the molecule is CC1(C)OB(c2ccc(N)c(OC(c3ccc(F)cc3)C3CCC3)c2)OC1(C)C. The third-order valence-corrected chi connectivity index (χ3v) is 6.59. The number of nitrogens with two attached hydrogens (primary N) is 1. The van der Waals surface area contributed by atoms with Crippen LogP contribution >= 0.6 is 0 Å². The van der Waals surface area contributed by atoms with Crippen LogP contribution in [0.1, 0.15) is 58.6 Å². The summed E-state index contributed by atoms with van der Waals surface area (Å²) in [5.74, 6) is 0.766. The molecule has 2 N–H and O–H groups in total. The Bertz CT molecular complexity index is 864. The van der Waals surface area contributed by atoms with Gasteiger partial charge in [-0.25, -0.2) is 4.39 Å². The highest BCUT2D eigenvalue weighted by Gasteiger charge is 2.51. The topological polar surface area (TPSA) is 53.7 Å². The number of halogens is 1. The molecule has 1 saturated carbocycles. The van der Waals surface area contributed by atoms with Gasteiger partial charge in [-0.15, -0.1) is 0 Å². The number of nitrogen functional groups attached to an aromatic ring is 1. The fourth-order valence-corrected chi connectivity index (χ4v) is 3.75. The first kappa shape index (κ1) is 20.2. The van der Waals surface area contributed by atoms with Gasteiger partial charge in [0.25, 0.3) is 0 Å². The molecule has 6 heteroatoms. The maximum Gasteiger partial charge on any atom is 0.494 e. The van der Waals surface area contributed by atoms with E-state index in [-0.39, 0.29) is 11.9 Å². The molecule has 2 fully saturated rings. The van der Waals surface area contributed by atoms with E-state index in [0.29, 0.717) is 17.4 Å². The normalized spacial score (nSPS) is 21.6. The van der Waals surface area contributed by atoms with Crippen LogP contribution in [0.2, 0.25) is 0 Å². The highest BCUT2D eigenvalue weighted by molar-refractivity contribution is 6.62. The fourth-order valence-electron chi connectivity index (χ4n) is 3.75. The average molecular weight is 397 g/mol. The number of ether oxygens (including phenoxy) is 1. The molecule has 0 spiro atoms. The van der Waals surface area contributed by atoms with Gasteiger partial charge in [0.2, 0.25) is 0 Å². The monoisotopic (exact) mass is 397 g/mol. The van der Waals surface area contributed by atoms with Crippen molar-refractivity contribution in [1.82, 2.24) is 0 Å². The van der Waals surface area contributed by atoms with E-state index >= 15 is 0 Å². The summed E-state index contributed by atoms with van der Waals surface area (Å²) in [6.45, 7) is 8.12. The van der Waals surface area contributed by atoms with Gasteiger partial charge < -0.3 is 19.8 Å². The van der Waals surface area contributed by atoms with Crippen molar-refractivity contribution in [2.75, 3.05) is 5.73 Å². The van der Waals surface area contributed by atoms with Crippen molar-refractivity contribution in [2.45, 2.75) is 64.3 Å². The maximum atomic E-state index is 13.4.